The molecule has 0 bridgehead atoms. The molecule has 0 fully saturated rings. The highest BCUT2D eigenvalue weighted by Gasteiger charge is 2.47. The maximum absolute atomic E-state index is 13.4. The van der Waals surface area contributed by atoms with E-state index in [-0.39, 0.29) is 10.9 Å². The highest BCUT2D eigenvalue weighted by molar-refractivity contribution is 7.16. The monoisotopic (exact) mass is 268 g/mol. The third-order valence-corrected chi connectivity index (χ3v) is 2.93. The molecule has 1 heterocycles. The van der Waals surface area contributed by atoms with Crippen molar-refractivity contribution < 1.29 is 23.1 Å². The molecule has 16 heavy (non-hydrogen) atoms. The number of halogens is 3. The van der Waals surface area contributed by atoms with Gasteiger partial charge in [0.1, 0.15) is 0 Å². The highest BCUT2D eigenvalue weighted by atomic mass is 35.5. The molecule has 0 saturated carbocycles. The standard InChI is InChI=1S/C9H7ClF2O3S/c1-2-15-8(14)7(13)9(11,12)5-3-4-6(10)16-5/h3-4H,2H2,1H3. The number of Topliss-reactive ketones (excluding diaryl/α,β-unsaturated/α-hetero) is 1. The molecule has 0 spiro atoms. The Hall–Kier alpha value is -1.01. The second-order valence-electron chi connectivity index (χ2n) is 2.73. The number of ether oxygens (including phenoxy) is 1. The zero-order valence-electron chi connectivity index (χ0n) is 8.13. The largest absolute Gasteiger partial charge is 0.460 e. The maximum Gasteiger partial charge on any atom is 0.381 e. The first-order valence-corrected chi connectivity index (χ1v) is 5.44. The van der Waals surface area contributed by atoms with Crippen molar-refractivity contribution in [2.45, 2.75) is 12.8 Å². The number of alkyl halides is 2. The first kappa shape index (κ1) is 13.1. The van der Waals surface area contributed by atoms with Gasteiger partial charge in [-0.05, 0) is 19.1 Å². The van der Waals surface area contributed by atoms with Crippen LogP contribution in [0.15, 0.2) is 12.1 Å². The van der Waals surface area contributed by atoms with E-state index in [0.717, 1.165) is 6.07 Å². The van der Waals surface area contributed by atoms with Gasteiger partial charge in [0.15, 0.2) is 0 Å². The van der Waals surface area contributed by atoms with E-state index in [2.05, 4.69) is 4.74 Å². The van der Waals surface area contributed by atoms with Crippen LogP contribution >= 0.6 is 22.9 Å². The maximum atomic E-state index is 13.4. The number of thiophene rings is 1. The van der Waals surface area contributed by atoms with Crippen LogP contribution in [0.25, 0.3) is 0 Å². The predicted octanol–water partition coefficient (Wildman–Crippen LogP) is 2.63. The average Bonchev–Trinajstić information content (AvgIpc) is 2.64. The van der Waals surface area contributed by atoms with E-state index in [1.165, 1.54) is 13.0 Å². The SMILES string of the molecule is CCOC(=O)C(=O)C(F)(F)c1ccc(Cl)s1. The number of rotatable bonds is 4. The average molecular weight is 269 g/mol. The summed E-state index contributed by atoms with van der Waals surface area (Å²) in [7, 11) is 0. The van der Waals surface area contributed by atoms with Crippen LogP contribution < -0.4 is 0 Å². The van der Waals surface area contributed by atoms with E-state index in [9.17, 15) is 18.4 Å². The van der Waals surface area contributed by atoms with Gasteiger partial charge in [0.2, 0.25) is 0 Å². The highest BCUT2D eigenvalue weighted by Crippen LogP contribution is 2.36. The molecule has 88 valence electrons. The van der Waals surface area contributed by atoms with Gasteiger partial charge < -0.3 is 4.74 Å². The second kappa shape index (κ2) is 4.88. The van der Waals surface area contributed by atoms with Crippen molar-refractivity contribution in [3.05, 3.63) is 21.3 Å². The summed E-state index contributed by atoms with van der Waals surface area (Å²) in [6.45, 7) is 1.29. The van der Waals surface area contributed by atoms with Crippen LogP contribution in [0.2, 0.25) is 4.34 Å². The lowest BCUT2D eigenvalue weighted by Gasteiger charge is -2.11. The summed E-state index contributed by atoms with van der Waals surface area (Å²) >= 11 is 6.01. The Bertz CT molecular complexity index is 417. The molecule has 0 N–H and O–H groups in total. The summed E-state index contributed by atoms with van der Waals surface area (Å²) in [6, 6.07) is 2.23. The van der Waals surface area contributed by atoms with Crippen LogP contribution in [-0.4, -0.2) is 18.4 Å². The number of carbonyl (C=O) groups is 2. The van der Waals surface area contributed by atoms with Crippen molar-refractivity contribution in [1.82, 2.24) is 0 Å². The van der Waals surface area contributed by atoms with Crippen LogP contribution in [0.1, 0.15) is 11.8 Å². The Morgan fingerprint density at radius 1 is 1.50 bits per heavy atom. The van der Waals surface area contributed by atoms with Crippen molar-refractivity contribution in [3.63, 3.8) is 0 Å². The molecule has 0 atom stereocenters. The second-order valence-corrected chi connectivity index (χ2v) is 4.44. The van der Waals surface area contributed by atoms with Gasteiger partial charge >= 0.3 is 17.7 Å². The molecule has 0 aliphatic heterocycles. The van der Waals surface area contributed by atoms with Gasteiger partial charge in [0.25, 0.3) is 0 Å². The fourth-order valence-corrected chi connectivity index (χ4v) is 1.94. The van der Waals surface area contributed by atoms with Gasteiger partial charge in [-0.25, -0.2) is 4.79 Å². The molecule has 0 unspecified atom stereocenters. The number of carbonyl (C=O) groups excluding carboxylic acids is 2. The third-order valence-electron chi connectivity index (χ3n) is 1.63. The number of hydrogen-bond donors (Lipinski definition) is 0. The molecule has 1 rings (SSSR count). The molecule has 0 amide bonds. The lowest BCUT2D eigenvalue weighted by Crippen LogP contribution is -2.33. The van der Waals surface area contributed by atoms with Crippen molar-refractivity contribution in [2.75, 3.05) is 6.61 Å². The number of hydrogen-bond acceptors (Lipinski definition) is 4. The zero-order valence-corrected chi connectivity index (χ0v) is 9.70. The van der Waals surface area contributed by atoms with E-state index in [1.807, 2.05) is 0 Å². The summed E-state index contributed by atoms with van der Waals surface area (Å²) in [5.74, 6) is -7.31. The van der Waals surface area contributed by atoms with Crippen molar-refractivity contribution >= 4 is 34.7 Å². The van der Waals surface area contributed by atoms with Gasteiger partial charge in [0, 0.05) is 0 Å². The zero-order chi connectivity index (χ0) is 12.3. The smallest absolute Gasteiger partial charge is 0.381 e. The molecule has 1 aromatic rings. The van der Waals surface area contributed by atoms with Crippen LogP contribution in [0.4, 0.5) is 8.78 Å². The summed E-state index contributed by atoms with van der Waals surface area (Å²) < 4.78 is 31.2. The minimum absolute atomic E-state index is 0.117. The quantitative estimate of drug-likeness (QED) is 0.623. The fourth-order valence-electron chi connectivity index (χ4n) is 0.920. The third kappa shape index (κ3) is 2.56. The number of esters is 1. The summed E-state index contributed by atoms with van der Waals surface area (Å²) in [4.78, 5) is 21.4. The van der Waals surface area contributed by atoms with Crippen molar-refractivity contribution in [1.29, 1.82) is 0 Å². The van der Waals surface area contributed by atoms with Crippen LogP contribution in [-0.2, 0) is 20.2 Å². The van der Waals surface area contributed by atoms with Gasteiger partial charge in [0.05, 0.1) is 15.8 Å². The van der Waals surface area contributed by atoms with Crippen LogP contribution in [0.5, 0.6) is 0 Å². The summed E-state index contributed by atoms with van der Waals surface area (Å²) in [5, 5.41) is 0. The Morgan fingerprint density at radius 3 is 2.56 bits per heavy atom. The van der Waals surface area contributed by atoms with Crippen molar-refractivity contribution in [2.24, 2.45) is 0 Å². The molecule has 0 saturated heterocycles. The van der Waals surface area contributed by atoms with E-state index in [0.29, 0.717) is 11.3 Å². The molecular weight excluding hydrogens is 262 g/mol. The normalized spacial score (nSPS) is 11.2. The lowest BCUT2D eigenvalue weighted by molar-refractivity contribution is -0.166. The van der Waals surface area contributed by atoms with Crippen LogP contribution in [0, 0.1) is 0 Å². The first-order chi connectivity index (χ1) is 7.39. The van der Waals surface area contributed by atoms with E-state index >= 15 is 0 Å². The molecule has 0 aliphatic carbocycles. The van der Waals surface area contributed by atoms with E-state index < -0.39 is 22.6 Å². The molecule has 0 aliphatic rings. The van der Waals surface area contributed by atoms with E-state index in [1.54, 1.807) is 0 Å². The number of ketones is 1. The van der Waals surface area contributed by atoms with Crippen molar-refractivity contribution in [3.8, 4) is 0 Å². The van der Waals surface area contributed by atoms with Gasteiger partial charge in [-0.1, -0.05) is 11.6 Å². The summed E-state index contributed by atoms with van der Waals surface area (Å²) in [6.07, 6.45) is 0. The lowest BCUT2D eigenvalue weighted by atomic mass is 10.2. The van der Waals surface area contributed by atoms with E-state index in [4.69, 9.17) is 11.6 Å². The topological polar surface area (TPSA) is 43.4 Å². The van der Waals surface area contributed by atoms with Gasteiger partial charge in [-0.15, -0.1) is 11.3 Å². The molecular formula is C9H7ClF2O3S. The molecule has 7 heteroatoms. The Morgan fingerprint density at radius 2 is 2.12 bits per heavy atom. The molecule has 0 aromatic carbocycles. The molecule has 1 aromatic heterocycles. The summed E-state index contributed by atoms with van der Waals surface area (Å²) in [5.41, 5.74) is 0. The Kier molecular flexibility index (Phi) is 3.98. The molecule has 3 nitrogen and oxygen atoms in total. The molecule has 0 radical (unpaired) electrons. The van der Waals surface area contributed by atoms with Gasteiger partial charge in [-0.3, -0.25) is 4.79 Å². The van der Waals surface area contributed by atoms with Gasteiger partial charge in [-0.2, -0.15) is 8.78 Å². The fraction of sp³-hybridized carbons (Fsp3) is 0.333. The first-order valence-electron chi connectivity index (χ1n) is 4.24. The Labute approximate surface area is 99.0 Å². The minimum Gasteiger partial charge on any atom is -0.460 e. The van der Waals surface area contributed by atoms with Crippen LogP contribution in [0.3, 0.4) is 0 Å². The minimum atomic E-state index is -3.88. The predicted molar refractivity (Wildman–Crippen MR) is 54.9 cm³/mol. The Balaban J connectivity index is 2.93.